The van der Waals surface area contributed by atoms with E-state index in [4.69, 9.17) is 32.7 Å². The van der Waals surface area contributed by atoms with Crippen LogP contribution in [0.3, 0.4) is 0 Å². The fraction of sp³-hybridized carbons (Fsp3) is 0.208. The van der Waals surface area contributed by atoms with Crippen LogP contribution in [0, 0.1) is 0 Å². The van der Waals surface area contributed by atoms with Gasteiger partial charge in [0.25, 0.3) is 5.91 Å². The van der Waals surface area contributed by atoms with E-state index >= 15 is 0 Å². The number of hydrogen-bond donors (Lipinski definition) is 1. The van der Waals surface area contributed by atoms with Crippen molar-refractivity contribution in [3.63, 3.8) is 0 Å². The number of imide groups is 1. The van der Waals surface area contributed by atoms with Gasteiger partial charge in [0.15, 0.2) is 11.5 Å². The van der Waals surface area contributed by atoms with Crippen molar-refractivity contribution in [2.75, 3.05) is 20.8 Å². The molecule has 0 radical (unpaired) electrons. The van der Waals surface area contributed by atoms with Crippen LogP contribution in [0.1, 0.15) is 16.7 Å². The molecule has 3 amide bonds. The number of methoxy groups -OCH3 is 2. The molecule has 34 heavy (non-hydrogen) atoms. The van der Waals surface area contributed by atoms with Gasteiger partial charge < -0.3 is 19.5 Å². The van der Waals surface area contributed by atoms with Gasteiger partial charge in [0.05, 0.1) is 24.3 Å². The molecule has 0 saturated carbocycles. The summed E-state index contributed by atoms with van der Waals surface area (Å²) in [6.07, 6.45) is 3.66. The lowest BCUT2D eigenvalue weighted by molar-refractivity contribution is -0.143. The van der Waals surface area contributed by atoms with Gasteiger partial charge in [-0.05, 0) is 47.9 Å². The molecule has 10 heteroatoms. The van der Waals surface area contributed by atoms with Gasteiger partial charge in [-0.1, -0.05) is 35.3 Å². The standard InChI is InChI=1S/C24H22Cl2N2O6/c1-4-5-16-8-15(10-19-23(30)28(24(31)27-19)12-21(29)33-3)11-20(32-2)22(16)34-13-14-6-7-17(25)18(26)9-14/h4,6-11H,1,5,12-13H2,2-3H3,(H,27,31)/b19-10+. The van der Waals surface area contributed by atoms with Crippen molar-refractivity contribution in [1.29, 1.82) is 0 Å². The zero-order valence-electron chi connectivity index (χ0n) is 18.5. The number of halogens is 2. The number of hydrogen-bond acceptors (Lipinski definition) is 6. The average Bonchev–Trinajstić information content (AvgIpc) is 3.07. The monoisotopic (exact) mass is 504 g/mol. The summed E-state index contributed by atoms with van der Waals surface area (Å²) < 4.78 is 16.1. The molecule has 1 N–H and O–H groups in total. The molecule has 1 aliphatic heterocycles. The first kappa shape index (κ1) is 25.1. The molecule has 3 rings (SSSR count). The van der Waals surface area contributed by atoms with Crippen LogP contribution in [-0.2, 0) is 27.4 Å². The second kappa shape index (κ2) is 11.1. The zero-order chi connectivity index (χ0) is 24.8. The normalized spacial score (nSPS) is 14.2. The Hall–Kier alpha value is -3.49. The summed E-state index contributed by atoms with van der Waals surface area (Å²) in [4.78, 5) is 37.0. The van der Waals surface area contributed by atoms with E-state index in [9.17, 15) is 14.4 Å². The fourth-order valence-electron chi connectivity index (χ4n) is 3.25. The van der Waals surface area contributed by atoms with Crippen LogP contribution < -0.4 is 14.8 Å². The molecule has 0 atom stereocenters. The first-order chi connectivity index (χ1) is 16.3. The molecule has 0 bridgehead atoms. The minimum absolute atomic E-state index is 0.0185. The molecule has 1 saturated heterocycles. The van der Waals surface area contributed by atoms with E-state index in [-0.39, 0.29) is 12.3 Å². The maximum atomic E-state index is 12.6. The maximum Gasteiger partial charge on any atom is 0.329 e. The Labute approximate surface area is 206 Å². The lowest BCUT2D eigenvalue weighted by Crippen LogP contribution is -2.36. The second-order valence-corrected chi connectivity index (χ2v) is 8.01. The van der Waals surface area contributed by atoms with Gasteiger partial charge in [-0.3, -0.25) is 9.59 Å². The number of allylic oxidation sites excluding steroid dienone is 1. The lowest BCUT2D eigenvalue weighted by atomic mass is 10.0. The Balaban J connectivity index is 1.90. The fourth-order valence-corrected chi connectivity index (χ4v) is 3.57. The van der Waals surface area contributed by atoms with E-state index in [2.05, 4.69) is 16.6 Å². The Morgan fingerprint density at radius 2 is 1.91 bits per heavy atom. The van der Waals surface area contributed by atoms with Crippen LogP contribution in [-0.4, -0.2) is 43.6 Å². The van der Waals surface area contributed by atoms with Gasteiger partial charge in [-0.15, -0.1) is 6.58 Å². The highest BCUT2D eigenvalue weighted by Crippen LogP contribution is 2.35. The van der Waals surface area contributed by atoms with Gasteiger partial charge in [-0.25, -0.2) is 9.69 Å². The van der Waals surface area contributed by atoms with E-state index in [0.717, 1.165) is 16.0 Å². The lowest BCUT2D eigenvalue weighted by Gasteiger charge is -2.16. The van der Waals surface area contributed by atoms with Crippen LogP contribution in [0.5, 0.6) is 11.5 Å². The van der Waals surface area contributed by atoms with Gasteiger partial charge in [0.2, 0.25) is 0 Å². The predicted molar refractivity (Wildman–Crippen MR) is 128 cm³/mol. The molecule has 1 aliphatic rings. The van der Waals surface area contributed by atoms with Gasteiger partial charge in [0, 0.05) is 5.56 Å². The Bertz CT molecular complexity index is 1180. The molecular weight excluding hydrogens is 483 g/mol. The van der Waals surface area contributed by atoms with E-state index in [1.54, 1.807) is 36.4 Å². The summed E-state index contributed by atoms with van der Waals surface area (Å²) in [6, 6.07) is 7.98. The number of benzene rings is 2. The number of esters is 1. The molecule has 178 valence electrons. The van der Waals surface area contributed by atoms with E-state index in [1.807, 2.05) is 0 Å². The van der Waals surface area contributed by atoms with E-state index in [0.29, 0.717) is 33.5 Å². The number of ether oxygens (including phenoxy) is 3. The third kappa shape index (κ3) is 5.70. The summed E-state index contributed by atoms with van der Waals surface area (Å²) in [5.41, 5.74) is 2.17. The van der Waals surface area contributed by atoms with Crippen LogP contribution in [0.2, 0.25) is 10.0 Å². The Morgan fingerprint density at radius 3 is 2.56 bits per heavy atom. The van der Waals surface area contributed by atoms with Crippen molar-refractivity contribution in [3.8, 4) is 11.5 Å². The summed E-state index contributed by atoms with van der Waals surface area (Å²) in [5, 5.41) is 3.34. The number of amides is 3. The number of nitrogens with zero attached hydrogens (tertiary/aromatic N) is 1. The van der Waals surface area contributed by atoms with Crippen LogP contribution >= 0.6 is 23.2 Å². The Kier molecular flexibility index (Phi) is 8.20. The first-order valence-electron chi connectivity index (χ1n) is 10.1. The SMILES string of the molecule is C=CCc1cc(/C=C2/NC(=O)N(CC(=O)OC)C2=O)cc(OC)c1OCc1ccc(Cl)c(Cl)c1. The second-order valence-electron chi connectivity index (χ2n) is 7.20. The van der Waals surface area contributed by atoms with E-state index < -0.39 is 24.5 Å². The molecule has 1 fully saturated rings. The summed E-state index contributed by atoms with van der Waals surface area (Å²) in [6.45, 7) is 3.52. The number of urea groups is 1. The van der Waals surface area contributed by atoms with Crippen molar-refractivity contribution in [1.82, 2.24) is 10.2 Å². The summed E-state index contributed by atoms with van der Waals surface area (Å²) in [5.74, 6) is -0.415. The van der Waals surface area contributed by atoms with Crippen molar-refractivity contribution in [3.05, 3.63) is 75.4 Å². The van der Waals surface area contributed by atoms with Crippen LogP contribution in [0.15, 0.2) is 48.7 Å². The number of rotatable bonds is 9. The molecule has 1 heterocycles. The molecule has 0 spiro atoms. The summed E-state index contributed by atoms with van der Waals surface area (Å²) >= 11 is 12.1. The number of nitrogens with one attached hydrogen (secondary N) is 1. The Morgan fingerprint density at radius 1 is 1.15 bits per heavy atom. The molecule has 0 aromatic heterocycles. The highest BCUT2D eigenvalue weighted by molar-refractivity contribution is 6.42. The average molecular weight is 505 g/mol. The number of carbonyl (C=O) groups excluding carboxylic acids is 3. The third-order valence-corrected chi connectivity index (χ3v) is 5.63. The molecule has 0 unspecified atom stereocenters. The predicted octanol–water partition coefficient (Wildman–Crippen LogP) is 4.38. The van der Waals surface area contributed by atoms with Gasteiger partial charge >= 0.3 is 12.0 Å². The molecule has 2 aromatic carbocycles. The third-order valence-electron chi connectivity index (χ3n) is 4.89. The van der Waals surface area contributed by atoms with Crippen LogP contribution in [0.25, 0.3) is 6.08 Å². The van der Waals surface area contributed by atoms with Crippen LogP contribution in [0.4, 0.5) is 4.79 Å². The minimum atomic E-state index is -0.707. The highest BCUT2D eigenvalue weighted by Gasteiger charge is 2.35. The quantitative estimate of drug-likeness (QED) is 0.235. The molecule has 2 aromatic rings. The van der Waals surface area contributed by atoms with Gasteiger partial charge in [0.1, 0.15) is 18.8 Å². The molecular formula is C24H22Cl2N2O6. The maximum absolute atomic E-state index is 12.6. The minimum Gasteiger partial charge on any atom is -0.493 e. The number of carbonyl (C=O) groups is 3. The molecule has 0 aliphatic carbocycles. The topological polar surface area (TPSA) is 94.2 Å². The van der Waals surface area contributed by atoms with Crippen molar-refractivity contribution in [2.45, 2.75) is 13.0 Å². The van der Waals surface area contributed by atoms with Crippen molar-refractivity contribution >= 4 is 47.2 Å². The largest absolute Gasteiger partial charge is 0.493 e. The van der Waals surface area contributed by atoms with E-state index in [1.165, 1.54) is 20.3 Å². The van der Waals surface area contributed by atoms with Crippen molar-refractivity contribution in [2.24, 2.45) is 0 Å². The van der Waals surface area contributed by atoms with Crippen molar-refractivity contribution < 1.29 is 28.6 Å². The zero-order valence-corrected chi connectivity index (χ0v) is 20.0. The highest BCUT2D eigenvalue weighted by atomic mass is 35.5. The van der Waals surface area contributed by atoms with Gasteiger partial charge in [-0.2, -0.15) is 0 Å². The molecule has 8 nitrogen and oxygen atoms in total. The first-order valence-corrected chi connectivity index (χ1v) is 10.8. The smallest absolute Gasteiger partial charge is 0.329 e. The summed E-state index contributed by atoms with van der Waals surface area (Å²) in [7, 11) is 2.67.